The van der Waals surface area contributed by atoms with Crippen molar-refractivity contribution in [1.82, 2.24) is 10.2 Å². The topological polar surface area (TPSA) is 38.9 Å². The molecule has 4 aromatic rings. The third-order valence-corrected chi connectivity index (χ3v) is 4.66. The first-order valence-corrected chi connectivity index (χ1v) is 9.11. The average Bonchev–Trinajstić information content (AvgIpc) is 3.18. The summed E-state index contributed by atoms with van der Waals surface area (Å²) >= 11 is 0. The Labute approximate surface area is 159 Å². The van der Waals surface area contributed by atoms with Crippen molar-refractivity contribution in [3.8, 4) is 34.0 Å². The molecule has 0 saturated carbocycles. The van der Waals surface area contributed by atoms with Crippen molar-refractivity contribution >= 4 is 0 Å². The van der Waals surface area contributed by atoms with Crippen LogP contribution < -0.4 is 0 Å². The Morgan fingerprint density at radius 3 is 1.52 bits per heavy atom. The third-order valence-electron chi connectivity index (χ3n) is 4.66. The van der Waals surface area contributed by atoms with Gasteiger partial charge >= 0.3 is 0 Å². The molecule has 0 radical (unpaired) electrons. The van der Waals surface area contributed by atoms with Crippen molar-refractivity contribution in [2.45, 2.75) is 26.2 Å². The van der Waals surface area contributed by atoms with Gasteiger partial charge in [-0.1, -0.05) is 75.4 Å². The molecule has 27 heavy (non-hydrogen) atoms. The van der Waals surface area contributed by atoms with Gasteiger partial charge in [0.1, 0.15) is 0 Å². The highest BCUT2D eigenvalue weighted by molar-refractivity contribution is 5.67. The number of nitrogens with zero attached hydrogens (tertiary/aromatic N) is 2. The number of benzene rings is 3. The predicted molar refractivity (Wildman–Crippen MR) is 109 cm³/mol. The van der Waals surface area contributed by atoms with Crippen molar-refractivity contribution in [2.24, 2.45) is 0 Å². The van der Waals surface area contributed by atoms with E-state index in [0.717, 1.165) is 16.7 Å². The largest absolute Gasteiger partial charge is 0.416 e. The Kier molecular flexibility index (Phi) is 4.36. The second-order valence-corrected chi connectivity index (χ2v) is 7.68. The van der Waals surface area contributed by atoms with Gasteiger partial charge in [-0.05, 0) is 46.4 Å². The van der Waals surface area contributed by atoms with Crippen LogP contribution >= 0.6 is 0 Å². The molecule has 3 aromatic carbocycles. The fourth-order valence-electron chi connectivity index (χ4n) is 3.01. The molecule has 0 aliphatic rings. The van der Waals surface area contributed by atoms with Crippen LogP contribution in [0.4, 0.5) is 0 Å². The van der Waals surface area contributed by atoms with E-state index in [4.69, 9.17) is 4.42 Å². The minimum absolute atomic E-state index is 0.124. The second-order valence-electron chi connectivity index (χ2n) is 7.68. The molecule has 0 spiro atoms. The SMILES string of the molecule is CC(C)(C)c1ccc(-c2nnc(-c3ccc(-c4ccccc4)cc3)o2)cc1. The summed E-state index contributed by atoms with van der Waals surface area (Å²) in [6, 6.07) is 26.8. The van der Waals surface area contributed by atoms with Gasteiger partial charge in [-0.25, -0.2) is 0 Å². The fourth-order valence-corrected chi connectivity index (χ4v) is 3.01. The maximum Gasteiger partial charge on any atom is 0.248 e. The first-order chi connectivity index (χ1) is 13.0. The molecule has 0 saturated heterocycles. The van der Waals surface area contributed by atoms with Crippen LogP contribution in [0.3, 0.4) is 0 Å². The van der Waals surface area contributed by atoms with Crippen LogP contribution in [0, 0.1) is 0 Å². The lowest BCUT2D eigenvalue weighted by Crippen LogP contribution is -2.10. The summed E-state index contributed by atoms with van der Waals surface area (Å²) < 4.78 is 5.90. The number of hydrogen-bond acceptors (Lipinski definition) is 3. The minimum atomic E-state index is 0.124. The number of hydrogen-bond donors (Lipinski definition) is 0. The molecule has 0 atom stereocenters. The molecule has 1 heterocycles. The van der Waals surface area contributed by atoms with Gasteiger partial charge < -0.3 is 4.42 Å². The predicted octanol–water partition coefficient (Wildman–Crippen LogP) is 6.37. The Morgan fingerprint density at radius 2 is 1.00 bits per heavy atom. The van der Waals surface area contributed by atoms with Gasteiger partial charge in [-0.15, -0.1) is 10.2 Å². The van der Waals surface area contributed by atoms with E-state index in [9.17, 15) is 0 Å². The van der Waals surface area contributed by atoms with E-state index < -0.39 is 0 Å². The average molecular weight is 354 g/mol. The van der Waals surface area contributed by atoms with Gasteiger partial charge in [0.05, 0.1) is 0 Å². The maximum absolute atomic E-state index is 5.90. The van der Waals surface area contributed by atoms with Gasteiger partial charge in [0.2, 0.25) is 11.8 Å². The number of aromatic nitrogens is 2. The molecule has 0 N–H and O–H groups in total. The van der Waals surface area contributed by atoms with Gasteiger partial charge in [-0.2, -0.15) is 0 Å². The van der Waals surface area contributed by atoms with Crippen LogP contribution in [0.1, 0.15) is 26.3 Å². The van der Waals surface area contributed by atoms with E-state index in [1.807, 2.05) is 42.5 Å². The first kappa shape index (κ1) is 17.2. The van der Waals surface area contributed by atoms with Crippen LogP contribution in [0.15, 0.2) is 83.3 Å². The van der Waals surface area contributed by atoms with E-state index in [-0.39, 0.29) is 5.41 Å². The molecule has 0 fully saturated rings. The monoisotopic (exact) mass is 354 g/mol. The minimum Gasteiger partial charge on any atom is -0.416 e. The molecule has 0 aliphatic heterocycles. The van der Waals surface area contributed by atoms with E-state index in [2.05, 4.69) is 67.4 Å². The van der Waals surface area contributed by atoms with Crippen molar-refractivity contribution in [2.75, 3.05) is 0 Å². The van der Waals surface area contributed by atoms with E-state index in [1.54, 1.807) is 0 Å². The Hall–Kier alpha value is -3.20. The van der Waals surface area contributed by atoms with Gasteiger partial charge in [-0.3, -0.25) is 0 Å². The molecule has 3 heteroatoms. The van der Waals surface area contributed by atoms with Crippen LogP contribution in [0.5, 0.6) is 0 Å². The van der Waals surface area contributed by atoms with Gasteiger partial charge in [0, 0.05) is 11.1 Å². The standard InChI is InChI=1S/C24H22N2O/c1-24(2,3)21-15-13-20(14-16-21)23-26-25-22(27-23)19-11-9-18(10-12-19)17-7-5-4-6-8-17/h4-16H,1-3H3. The molecular weight excluding hydrogens is 332 g/mol. The summed E-state index contributed by atoms with van der Waals surface area (Å²) in [6.45, 7) is 6.60. The fraction of sp³-hybridized carbons (Fsp3) is 0.167. The Bertz CT molecular complexity index is 1020. The van der Waals surface area contributed by atoms with Crippen LogP contribution in [0.25, 0.3) is 34.0 Å². The lowest BCUT2D eigenvalue weighted by molar-refractivity contribution is 0.582. The lowest BCUT2D eigenvalue weighted by Gasteiger charge is -2.18. The summed E-state index contributed by atoms with van der Waals surface area (Å²) in [5, 5.41) is 8.44. The van der Waals surface area contributed by atoms with Crippen LogP contribution in [-0.4, -0.2) is 10.2 Å². The van der Waals surface area contributed by atoms with Crippen molar-refractivity contribution in [3.63, 3.8) is 0 Å². The van der Waals surface area contributed by atoms with Crippen molar-refractivity contribution < 1.29 is 4.42 Å². The summed E-state index contributed by atoms with van der Waals surface area (Å²) in [5.74, 6) is 1.07. The zero-order chi connectivity index (χ0) is 18.9. The number of rotatable bonds is 3. The van der Waals surface area contributed by atoms with Crippen molar-refractivity contribution in [1.29, 1.82) is 0 Å². The van der Waals surface area contributed by atoms with Gasteiger partial charge in [0.25, 0.3) is 0 Å². The lowest BCUT2D eigenvalue weighted by atomic mass is 9.87. The molecule has 0 bridgehead atoms. The molecule has 3 nitrogen and oxygen atoms in total. The van der Waals surface area contributed by atoms with E-state index in [0.29, 0.717) is 11.8 Å². The molecule has 0 unspecified atom stereocenters. The maximum atomic E-state index is 5.90. The zero-order valence-electron chi connectivity index (χ0n) is 15.8. The summed E-state index contributed by atoms with van der Waals surface area (Å²) in [4.78, 5) is 0. The van der Waals surface area contributed by atoms with Crippen LogP contribution in [-0.2, 0) is 5.41 Å². The summed E-state index contributed by atoms with van der Waals surface area (Å²) in [5.41, 5.74) is 5.61. The Balaban J connectivity index is 1.57. The quantitative estimate of drug-likeness (QED) is 0.429. The molecule has 1 aromatic heterocycles. The normalized spacial score (nSPS) is 11.5. The first-order valence-electron chi connectivity index (χ1n) is 9.11. The van der Waals surface area contributed by atoms with Crippen LogP contribution in [0.2, 0.25) is 0 Å². The molecule has 0 aliphatic carbocycles. The highest BCUT2D eigenvalue weighted by atomic mass is 16.4. The molecule has 4 rings (SSSR count). The molecule has 0 amide bonds. The second kappa shape index (κ2) is 6.84. The third kappa shape index (κ3) is 3.68. The smallest absolute Gasteiger partial charge is 0.248 e. The highest BCUT2D eigenvalue weighted by Gasteiger charge is 2.15. The summed E-state index contributed by atoms with van der Waals surface area (Å²) in [6.07, 6.45) is 0. The van der Waals surface area contributed by atoms with Gasteiger partial charge in [0.15, 0.2) is 0 Å². The van der Waals surface area contributed by atoms with E-state index in [1.165, 1.54) is 11.1 Å². The highest BCUT2D eigenvalue weighted by Crippen LogP contribution is 2.28. The molecule has 134 valence electrons. The molecular formula is C24H22N2O. The summed E-state index contributed by atoms with van der Waals surface area (Å²) in [7, 11) is 0. The van der Waals surface area contributed by atoms with E-state index >= 15 is 0 Å². The van der Waals surface area contributed by atoms with Crippen molar-refractivity contribution in [3.05, 3.63) is 84.4 Å². The Morgan fingerprint density at radius 1 is 0.556 bits per heavy atom. The zero-order valence-corrected chi connectivity index (χ0v) is 15.8.